The van der Waals surface area contributed by atoms with Gasteiger partial charge in [-0.25, -0.2) is 5.43 Å². The van der Waals surface area contributed by atoms with Crippen molar-refractivity contribution in [1.82, 2.24) is 9.99 Å². The van der Waals surface area contributed by atoms with E-state index in [9.17, 15) is 4.79 Å². The van der Waals surface area contributed by atoms with Crippen LogP contribution in [0.4, 0.5) is 5.69 Å². The number of fused-ring (bicyclic) bond motifs is 1. The number of nitrogens with zero attached hydrogens (tertiary/aromatic N) is 2. The summed E-state index contributed by atoms with van der Waals surface area (Å²) in [6, 6.07) is 25.0. The number of aryl methyl sites for hydroxylation is 1. The van der Waals surface area contributed by atoms with E-state index in [1.165, 1.54) is 0 Å². The molecule has 1 aromatic heterocycles. The zero-order valence-electron chi connectivity index (χ0n) is 15.5. The van der Waals surface area contributed by atoms with Crippen molar-refractivity contribution in [3.8, 4) is 11.3 Å². The van der Waals surface area contributed by atoms with Gasteiger partial charge in [0.25, 0.3) is 5.91 Å². The number of anilines is 1. The molecule has 5 heteroatoms. The summed E-state index contributed by atoms with van der Waals surface area (Å²) in [4.78, 5) is 12.3. The maximum atomic E-state index is 12.3. The number of amides is 1. The second kappa shape index (κ2) is 7.40. The summed E-state index contributed by atoms with van der Waals surface area (Å²) in [5.41, 5.74) is 13.6. The first-order valence-electron chi connectivity index (χ1n) is 8.97. The molecule has 0 spiro atoms. The summed E-state index contributed by atoms with van der Waals surface area (Å²) < 4.78 is 2.15. The first-order chi connectivity index (χ1) is 13.6. The number of carbonyl (C=O) groups is 1. The van der Waals surface area contributed by atoms with Gasteiger partial charge in [0.05, 0.1) is 11.9 Å². The number of rotatable bonds is 4. The van der Waals surface area contributed by atoms with E-state index < -0.39 is 0 Å². The summed E-state index contributed by atoms with van der Waals surface area (Å²) in [7, 11) is 2.04. The molecule has 0 aliphatic rings. The maximum absolute atomic E-state index is 12.3. The first kappa shape index (κ1) is 17.5. The number of nitrogens with two attached hydrogens (primary N) is 1. The summed E-state index contributed by atoms with van der Waals surface area (Å²) in [6.45, 7) is 0. The van der Waals surface area contributed by atoms with Crippen LogP contribution in [-0.4, -0.2) is 16.7 Å². The van der Waals surface area contributed by atoms with Gasteiger partial charge in [-0.3, -0.25) is 4.79 Å². The molecule has 3 N–H and O–H groups in total. The highest BCUT2D eigenvalue weighted by molar-refractivity contribution is 6.07. The van der Waals surface area contributed by atoms with Gasteiger partial charge >= 0.3 is 0 Å². The van der Waals surface area contributed by atoms with Gasteiger partial charge in [-0.2, -0.15) is 5.10 Å². The maximum Gasteiger partial charge on any atom is 0.271 e. The lowest BCUT2D eigenvalue weighted by molar-refractivity contribution is 0.0955. The van der Waals surface area contributed by atoms with E-state index in [4.69, 9.17) is 5.73 Å². The Bertz CT molecular complexity index is 1160. The van der Waals surface area contributed by atoms with E-state index in [0.29, 0.717) is 11.3 Å². The van der Waals surface area contributed by atoms with Crippen molar-refractivity contribution in [3.63, 3.8) is 0 Å². The Morgan fingerprint density at radius 3 is 2.39 bits per heavy atom. The molecule has 0 saturated carbocycles. The van der Waals surface area contributed by atoms with Crippen LogP contribution in [-0.2, 0) is 7.05 Å². The summed E-state index contributed by atoms with van der Waals surface area (Å²) in [5, 5.41) is 5.30. The van der Waals surface area contributed by atoms with Crippen LogP contribution in [0, 0.1) is 0 Å². The predicted molar refractivity (Wildman–Crippen MR) is 114 cm³/mol. The van der Waals surface area contributed by atoms with Crippen molar-refractivity contribution in [2.45, 2.75) is 0 Å². The fourth-order valence-electron chi connectivity index (χ4n) is 3.35. The second-order valence-corrected chi connectivity index (χ2v) is 6.53. The van der Waals surface area contributed by atoms with Crippen LogP contribution in [0.1, 0.15) is 15.9 Å². The summed E-state index contributed by atoms with van der Waals surface area (Å²) in [5.74, 6) is -0.280. The molecular weight excluding hydrogens is 348 g/mol. The van der Waals surface area contributed by atoms with Crippen molar-refractivity contribution in [3.05, 3.63) is 90.0 Å². The van der Waals surface area contributed by atoms with E-state index in [1.807, 2.05) is 37.4 Å². The molecule has 4 rings (SSSR count). The molecule has 1 amide bonds. The van der Waals surface area contributed by atoms with Gasteiger partial charge in [-0.15, -0.1) is 0 Å². The zero-order valence-corrected chi connectivity index (χ0v) is 15.5. The average molecular weight is 368 g/mol. The van der Waals surface area contributed by atoms with E-state index in [0.717, 1.165) is 27.7 Å². The van der Waals surface area contributed by atoms with E-state index in [-0.39, 0.29) is 5.91 Å². The number of nitrogen functional groups attached to an aromatic ring is 1. The lowest BCUT2D eigenvalue weighted by Crippen LogP contribution is -2.17. The van der Waals surface area contributed by atoms with Gasteiger partial charge in [-0.05, 0) is 35.9 Å². The molecule has 0 fully saturated rings. The highest BCUT2D eigenvalue weighted by atomic mass is 16.2. The molecule has 4 aromatic rings. The van der Waals surface area contributed by atoms with Gasteiger partial charge < -0.3 is 10.3 Å². The molecule has 0 radical (unpaired) electrons. The molecule has 1 heterocycles. The SMILES string of the molecule is Cn1c(-c2ccccc2)c(/C=N/NC(=O)c2ccc(N)cc2)c2ccccc21. The number of hydrazone groups is 1. The normalized spacial score (nSPS) is 11.2. The number of hydrogen-bond acceptors (Lipinski definition) is 3. The van der Waals surface area contributed by atoms with Crippen molar-refractivity contribution in [2.75, 3.05) is 5.73 Å². The minimum absolute atomic E-state index is 0.280. The predicted octanol–water partition coefficient (Wildman–Crippen LogP) is 4.19. The number of nitrogens with one attached hydrogen (secondary N) is 1. The third-order valence-electron chi connectivity index (χ3n) is 4.73. The smallest absolute Gasteiger partial charge is 0.271 e. The van der Waals surface area contributed by atoms with Gasteiger partial charge in [0.2, 0.25) is 0 Å². The fraction of sp³-hybridized carbons (Fsp3) is 0.0435. The van der Waals surface area contributed by atoms with Gasteiger partial charge in [0, 0.05) is 34.8 Å². The van der Waals surface area contributed by atoms with Gasteiger partial charge in [0.1, 0.15) is 0 Å². The molecule has 5 nitrogen and oxygen atoms in total. The van der Waals surface area contributed by atoms with Crippen molar-refractivity contribution >= 4 is 28.7 Å². The number of para-hydroxylation sites is 1. The molecular formula is C23H20N4O. The molecule has 0 aliphatic heterocycles. The molecule has 0 bridgehead atoms. The quantitative estimate of drug-likeness (QED) is 0.322. The van der Waals surface area contributed by atoms with Crippen LogP contribution in [0.2, 0.25) is 0 Å². The molecule has 138 valence electrons. The van der Waals surface area contributed by atoms with E-state index >= 15 is 0 Å². The molecule has 0 atom stereocenters. The Kier molecular flexibility index (Phi) is 4.64. The van der Waals surface area contributed by atoms with Crippen LogP contribution in [0.25, 0.3) is 22.2 Å². The first-order valence-corrected chi connectivity index (χ1v) is 8.97. The largest absolute Gasteiger partial charge is 0.399 e. The highest BCUT2D eigenvalue weighted by Gasteiger charge is 2.15. The molecule has 0 aliphatic carbocycles. The average Bonchev–Trinajstić information content (AvgIpc) is 3.01. The fourth-order valence-corrected chi connectivity index (χ4v) is 3.35. The second-order valence-electron chi connectivity index (χ2n) is 6.53. The summed E-state index contributed by atoms with van der Waals surface area (Å²) >= 11 is 0. The Balaban J connectivity index is 1.71. The number of hydrogen-bond donors (Lipinski definition) is 2. The molecule has 3 aromatic carbocycles. The van der Waals surface area contributed by atoms with Crippen molar-refractivity contribution in [1.29, 1.82) is 0 Å². The Labute approximate surface area is 163 Å². The highest BCUT2D eigenvalue weighted by Crippen LogP contribution is 2.31. The number of carbonyl (C=O) groups excluding carboxylic acids is 1. The van der Waals surface area contributed by atoms with Crippen LogP contribution in [0.3, 0.4) is 0 Å². The topological polar surface area (TPSA) is 72.4 Å². The van der Waals surface area contributed by atoms with Crippen molar-refractivity contribution in [2.24, 2.45) is 12.1 Å². The minimum Gasteiger partial charge on any atom is -0.399 e. The lowest BCUT2D eigenvalue weighted by Gasteiger charge is -2.06. The van der Waals surface area contributed by atoms with Crippen LogP contribution < -0.4 is 11.2 Å². The minimum atomic E-state index is -0.280. The Morgan fingerprint density at radius 1 is 0.964 bits per heavy atom. The van der Waals surface area contributed by atoms with Gasteiger partial charge in [0.15, 0.2) is 0 Å². The third kappa shape index (κ3) is 3.25. The number of benzene rings is 3. The lowest BCUT2D eigenvalue weighted by atomic mass is 10.1. The van der Waals surface area contributed by atoms with Crippen molar-refractivity contribution < 1.29 is 4.79 Å². The molecule has 0 saturated heterocycles. The standard InChI is InChI=1S/C23H20N4O/c1-27-21-10-6-5-9-19(21)20(22(27)16-7-3-2-4-8-16)15-25-26-23(28)17-11-13-18(24)14-12-17/h2-15H,24H2,1H3,(H,26,28)/b25-15+. The van der Waals surface area contributed by atoms with E-state index in [2.05, 4.69) is 39.4 Å². The zero-order chi connectivity index (χ0) is 19.5. The Morgan fingerprint density at radius 2 is 1.64 bits per heavy atom. The van der Waals surface area contributed by atoms with Crippen LogP contribution in [0.5, 0.6) is 0 Å². The molecule has 0 unspecified atom stereocenters. The van der Waals surface area contributed by atoms with E-state index in [1.54, 1.807) is 30.5 Å². The summed E-state index contributed by atoms with van der Waals surface area (Å²) in [6.07, 6.45) is 1.71. The molecule has 28 heavy (non-hydrogen) atoms. The Hall–Kier alpha value is -3.86. The van der Waals surface area contributed by atoms with Crippen LogP contribution in [0.15, 0.2) is 84.0 Å². The number of aromatic nitrogens is 1. The third-order valence-corrected chi connectivity index (χ3v) is 4.73. The van der Waals surface area contributed by atoms with Crippen LogP contribution >= 0.6 is 0 Å². The monoisotopic (exact) mass is 368 g/mol. The van der Waals surface area contributed by atoms with Gasteiger partial charge in [-0.1, -0.05) is 48.5 Å².